The lowest BCUT2D eigenvalue weighted by Gasteiger charge is -2.32. The van der Waals surface area contributed by atoms with Gasteiger partial charge in [0, 0.05) is 26.1 Å². The molecular weight excluding hydrogens is 322 g/mol. The number of aryl methyl sites for hydroxylation is 1. The lowest BCUT2D eigenvalue weighted by Crippen LogP contribution is -2.45. The maximum atomic E-state index is 5.06. The Morgan fingerprint density at radius 3 is 3.08 bits per heavy atom. The average Bonchev–Trinajstić information content (AvgIpc) is 3.19. The molecule has 0 unspecified atom stereocenters. The van der Waals surface area contributed by atoms with E-state index in [0.29, 0.717) is 11.9 Å². The van der Waals surface area contributed by atoms with E-state index in [1.54, 1.807) is 11.3 Å². The van der Waals surface area contributed by atoms with Gasteiger partial charge < -0.3 is 9.84 Å². The van der Waals surface area contributed by atoms with Gasteiger partial charge >= 0.3 is 0 Å². The molecule has 1 atom stereocenters. The Kier molecular flexibility index (Phi) is 4.55. The van der Waals surface area contributed by atoms with Gasteiger partial charge in [-0.2, -0.15) is 4.98 Å². The molecule has 0 saturated carbocycles. The van der Waals surface area contributed by atoms with Gasteiger partial charge in [-0.25, -0.2) is 4.98 Å². The maximum Gasteiger partial charge on any atom is 0.223 e. The van der Waals surface area contributed by atoms with Crippen LogP contribution in [0.25, 0.3) is 10.2 Å². The van der Waals surface area contributed by atoms with E-state index in [1.807, 2.05) is 13.0 Å². The van der Waals surface area contributed by atoms with E-state index in [-0.39, 0.29) is 0 Å². The van der Waals surface area contributed by atoms with Crippen molar-refractivity contribution in [3.8, 4) is 0 Å². The molecule has 3 aromatic rings. The summed E-state index contributed by atoms with van der Waals surface area (Å²) in [6.45, 7) is 5.52. The van der Waals surface area contributed by atoms with Crippen LogP contribution in [0.3, 0.4) is 0 Å². The van der Waals surface area contributed by atoms with E-state index < -0.39 is 0 Å². The summed E-state index contributed by atoms with van der Waals surface area (Å²) < 4.78 is 6.31. The minimum absolute atomic E-state index is 0.485. The van der Waals surface area contributed by atoms with Crippen LogP contribution in [0.5, 0.6) is 0 Å². The minimum atomic E-state index is 0.485. The van der Waals surface area contributed by atoms with Gasteiger partial charge in [0.2, 0.25) is 5.89 Å². The minimum Gasteiger partial charge on any atom is -0.340 e. The molecule has 1 saturated heterocycles. The van der Waals surface area contributed by atoms with Crippen molar-refractivity contribution >= 4 is 21.6 Å². The van der Waals surface area contributed by atoms with Gasteiger partial charge in [0.15, 0.2) is 5.82 Å². The number of likely N-dealkylation sites (tertiary alicyclic amines) is 1. The summed E-state index contributed by atoms with van der Waals surface area (Å²) in [7, 11) is 0. The van der Waals surface area contributed by atoms with Gasteiger partial charge in [-0.05, 0) is 31.5 Å². The molecule has 126 valence electrons. The van der Waals surface area contributed by atoms with Gasteiger partial charge in [-0.3, -0.25) is 4.90 Å². The second kappa shape index (κ2) is 6.96. The molecule has 0 amide bonds. The first-order chi connectivity index (χ1) is 11.8. The maximum absolute atomic E-state index is 5.06. The summed E-state index contributed by atoms with van der Waals surface area (Å²) >= 11 is 1.77. The fourth-order valence-electron chi connectivity index (χ4n) is 3.20. The van der Waals surface area contributed by atoms with Crippen molar-refractivity contribution in [1.29, 1.82) is 0 Å². The zero-order chi connectivity index (χ0) is 16.4. The van der Waals surface area contributed by atoms with Crippen molar-refractivity contribution in [2.75, 3.05) is 13.1 Å². The van der Waals surface area contributed by atoms with Crippen molar-refractivity contribution < 1.29 is 4.52 Å². The average molecular weight is 343 g/mol. The molecule has 24 heavy (non-hydrogen) atoms. The number of para-hydroxylation sites is 1. The number of thiazole rings is 1. The van der Waals surface area contributed by atoms with Crippen LogP contribution in [0.2, 0.25) is 0 Å². The molecule has 3 heterocycles. The van der Waals surface area contributed by atoms with E-state index in [2.05, 4.69) is 38.6 Å². The quantitative estimate of drug-likeness (QED) is 0.768. The Bertz CT molecular complexity index is 781. The SMILES string of the molecule is Cc1nc(CN2CCC[C@@H](NCc3nc4ccccc4s3)C2)no1. The Labute approximate surface area is 144 Å². The fraction of sp³-hybridized carbons (Fsp3) is 0.471. The first-order valence-electron chi connectivity index (χ1n) is 8.35. The van der Waals surface area contributed by atoms with Gasteiger partial charge in [0.05, 0.1) is 16.8 Å². The molecule has 1 aliphatic heterocycles. The van der Waals surface area contributed by atoms with Gasteiger partial charge in [0.25, 0.3) is 0 Å². The van der Waals surface area contributed by atoms with Crippen molar-refractivity contribution in [2.24, 2.45) is 0 Å². The molecular formula is C17H21N5OS. The molecule has 0 spiro atoms. The van der Waals surface area contributed by atoms with E-state index in [1.165, 1.54) is 17.5 Å². The molecule has 6 nitrogen and oxygen atoms in total. The number of nitrogens with zero attached hydrogens (tertiary/aromatic N) is 4. The summed E-state index contributed by atoms with van der Waals surface area (Å²) in [5, 5.41) is 8.81. The normalized spacial score (nSPS) is 19.1. The van der Waals surface area contributed by atoms with Gasteiger partial charge in [-0.15, -0.1) is 11.3 Å². The first kappa shape index (κ1) is 15.7. The topological polar surface area (TPSA) is 67.1 Å². The molecule has 1 N–H and O–H groups in total. The highest BCUT2D eigenvalue weighted by atomic mass is 32.1. The van der Waals surface area contributed by atoms with Crippen LogP contribution < -0.4 is 5.32 Å². The smallest absolute Gasteiger partial charge is 0.223 e. The molecule has 4 rings (SSSR count). The van der Waals surface area contributed by atoms with Crippen LogP contribution in [-0.4, -0.2) is 39.2 Å². The second-order valence-corrected chi connectivity index (χ2v) is 7.38. The molecule has 0 bridgehead atoms. The van der Waals surface area contributed by atoms with Crippen LogP contribution in [0.4, 0.5) is 0 Å². The van der Waals surface area contributed by atoms with Crippen LogP contribution in [0, 0.1) is 6.92 Å². The molecule has 2 aromatic heterocycles. The lowest BCUT2D eigenvalue weighted by atomic mass is 10.1. The predicted octanol–water partition coefficient (Wildman–Crippen LogP) is 2.74. The summed E-state index contributed by atoms with van der Waals surface area (Å²) in [6, 6.07) is 8.80. The van der Waals surface area contributed by atoms with Gasteiger partial charge in [0.1, 0.15) is 5.01 Å². The number of aromatic nitrogens is 3. The van der Waals surface area contributed by atoms with Gasteiger partial charge in [-0.1, -0.05) is 17.3 Å². The largest absolute Gasteiger partial charge is 0.340 e. The molecule has 1 fully saturated rings. The zero-order valence-corrected chi connectivity index (χ0v) is 14.6. The number of rotatable bonds is 5. The highest BCUT2D eigenvalue weighted by Crippen LogP contribution is 2.22. The van der Waals surface area contributed by atoms with E-state index in [0.717, 1.165) is 42.5 Å². The van der Waals surface area contributed by atoms with E-state index in [9.17, 15) is 0 Å². The van der Waals surface area contributed by atoms with Crippen molar-refractivity contribution in [3.05, 3.63) is 41.0 Å². The fourth-order valence-corrected chi connectivity index (χ4v) is 4.12. The Balaban J connectivity index is 1.32. The number of hydrogen-bond acceptors (Lipinski definition) is 7. The summed E-state index contributed by atoms with van der Waals surface area (Å²) in [5.41, 5.74) is 1.09. The molecule has 0 radical (unpaired) electrons. The molecule has 0 aliphatic carbocycles. The third-order valence-corrected chi connectivity index (χ3v) is 5.36. The van der Waals surface area contributed by atoms with Crippen LogP contribution >= 0.6 is 11.3 Å². The monoisotopic (exact) mass is 343 g/mol. The number of piperidine rings is 1. The van der Waals surface area contributed by atoms with Crippen LogP contribution in [0.1, 0.15) is 29.6 Å². The highest BCUT2D eigenvalue weighted by molar-refractivity contribution is 7.18. The summed E-state index contributed by atoms with van der Waals surface area (Å²) in [4.78, 5) is 11.4. The van der Waals surface area contributed by atoms with Crippen LogP contribution in [-0.2, 0) is 13.1 Å². The zero-order valence-electron chi connectivity index (χ0n) is 13.7. The predicted molar refractivity (Wildman–Crippen MR) is 93.8 cm³/mol. The lowest BCUT2D eigenvalue weighted by molar-refractivity contribution is 0.177. The molecule has 1 aromatic carbocycles. The number of nitrogens with one attached hydrogen (secondary N) is 1. The van der Waals surface area contributed by atoms with Crippen molar-refractivity contribution in [2.45, 2.75) is 38.9 Å². The van der Waals surface area contributed by atoms with Crippen LogP contribution in [0.15, 0.2) is 28.8 Å². The van der Waals surface area contributed by atoms with Crippen molar-refractivity contribution in [1.82, 2.24) is 25.3 Å². The number of hydrogen-bond donors (Lipinski definition) is 1. The molecule has 7 heteroatoms. The Hall–Kier alpha value is -1.83. The molecule has 1 aliphatic rings. The number of benzene rings is 1. The third kappa shape index (κ3) is 3.63. The highest BCUT2D eigenvalue weighted by Gasteiger charge is 2.21. The standard InChI is InChI=1S/C17H21N5OS/c1-12-19-16(21-23-12)11-22-8-4-5-13(10-22)18-9-17-20-14-6-2-3-7-15(14)24-17/h2-3,6-7,13,18H,4-5,8-11H2,1H3/t13-/m1/s1. The second-order valence-electron chi connectivity index (χ2n) is 6.26. The first-order valence-corrected chi connectivity index (χ1v) is 9.17. The number of fused-ring (bicyclic) bond motifs is 1. The summed E-state index contributed by atoms with van der Waals surface area (Å²) in [5.74, 6) is 1.41. The Morgan fingerprint density at radius 2 is 2.25 bits per heavy atom. The van der Waals surface area contributed by atoms with E-state index >= 15 is 0 Å². The Morgan fingerprint density at radius 1 is 1.33 bits per heavy atom. The van der Waals surface area contributed by atoms with E-state index in [4.69, 9.17) is 9.51 Å². The summed E-state index contributed by atoms with van der Waals surface area (Å²) in [6.07, 6.45) is 2.39. The van der Waals surface area contributed by atoms with Crippen molar-refractivity contribution in [3.63, 3.8) is 0 Å². The third-order valence-electron chi connectivity index (χ3n) is 4.32.